The lowest BCUT2D eigenvalue weighted by atomic mass is 10.2. The Kier molecular flexibility index (Phi) is 5.12. The summed E-state index contributed by atoms with van der Waals surface area (Å²) in [6, 6.07) is 3.95. The second-order valence-corrected chi connectivity index (χ2v) is 4.83. The van der Waals surface area contributed by atoms with Crippen molar-refractivity contribution in [1.82, 2.24) is 5.32 Å². The molecule has 0 aliphatic carbocycles. The van der Waals surface area contributed by atoms with Crippen LogP contribution >= 0.6 is 22.9 Å². The highest BCUT2D eigenvalue weighted by Gasteiger charge is 2.12. The minimum atomic E-state index is -0.00722. The molecule has 0 saturated carbocycles. The van der Waals surface area contributed by atoms with Gasteiger partial charge in [0.05, 0.1) is 4.88 Å². The number of halogens is 1. The monoisotopic (exact) mass is 245 g/mol. The second kappa shape index (κ2) is 6.13. The first-order chi connectivity index (χ1) is 7.21. The average Bonchev–Trinajstić information content (AvgIpc) is 2.74. The predicted molar refractivity (Wildman–Crippen MR) is 66.0 cm³/mol. The fraction of sp³-hybridized carbons (Fsp3) is 0.545. The summed E-state index contributed by atoms with van der Waals surface area (Å²) in [6.45, 7) is 4.10. The molecule has 0 spiro atoms. The van der Waals surface area contributed by atoms with Crippen LogP contribution in [0.25, 0.3) is 0 Å². The SMILES string of the molecule is CCc1ccc(C(=O)NC(CC)CCl)s1. The van der Waals surface area contributed by atoms with Crippen molar-refractivity contribution in [3.05, 3.63) is 21.9 Å². The highest BCUT2D eigenvalue weighted by Crippen LogP contribution is 2.16. The highest BCUT2D eigenvalue weighted by atomic mass is 35.5. The molecule has 0 radical (unpaired) electrons. The minimum absolute atomic E-state index is 0.00722. The third-order valence-electron chi connectivity index (χ3n) is 2.25. The Hall–Kier alpha value is -0.540. The second-order valence-electron chi connectivity index (χ2n) is 3.35. The molecule has 1 amide bonds. The number of hydrogen-bond donors (Lipinski definition) is 1. The van der Waals surface area contributed by atoms with Crippen LogP contribution in [0.15, 0.2) is 12.1 Å². The Morgan fingerprint density at radius 3 is 2.73 bits per heavy atom. The molecule has 15 heavy (non-hydrogen) atoms. The summed E-state index contributed by atoms with van der Waals surface area (Å²) in [7, 11) is 0. The normalized spacial score (nSPS) is 12.5. The van der Waals surface area contributed by atoms with Crippen molar-refractivity contribution in [3.8, 4) is 0 Å². The Bertz CT molecular complexity index is 320. The van der Waals surface area contributed by atoms with Gasteiger partial charge in [-0.05, 0) is 25.0 Å². The van der Waals surface area contributed by atoms with Crippen LogP contribution in [0.3, 0.4) is 0 Å². The third-order valence-corrected chi connectivity index (χ3v) is 3.85. The first-order valence-electron chi connectivity index (χ1n) is 5.16. The summed E-state index contributed by atoms with van der Waals surface area (Å²) in [5, 5.41) is 2.91. The molecular weight excluding hydrogens is 230 g/mol. The number of alkyl halides is 1. The van der Waals surface area contributed by atoms with E-state index in [1.165, 1.54) is 4.88 Å². The van der Waals surface area contributed by atoms with E-state index in [4.69, 9.17) is 11.6 Å². The summed E-state index contributed by atoms with van der Waals surface area (Å²) < 4.78 is 0. The lowest BCUT2D eigenvalue weighted by Crippen LogP contribution is -2.35. The van der Waals surface area contributed by atoms with Crippen molar-refractivity contribution in [2.24, 2.45) is 0 Å². The van der Waals surface area contributed by atoms with Gasteiger partial charge in [-0.2, -0.15) is 0 Å². The van der Waals surface area contributed by atoms with Crippen LogP contribution in [-0.2, 0) is 6.42 Å². The number of hydrogen-bond acceptors (Lipinski definition) is 2. The van der Waals surface area contributed by atoms with Gasteiger partial charge in [-0.1, -0.05) is 13.8 Å². The lowest BCUT2D eigenvalue weighted by Gasteiger charge is -2.12. The van der Waals surface area contributed by atoms with Crippen LogP contribution in [0, 0.1) is 0 Å². The van der Waals surface area contributed by atoms with E-state index in [0.717, 1.165) is 17.7 Å². The smallest absolute Gasteiger partial charge is 0.261 e. The number of amides is 1. The van der Waals surface area contributed by atoms with E-state index in [1.807, 2.05) is 19.1 Å². The van der Waals surface area contributed by atoms with Crippen molar-refractivity contribution >= 4 is 28.8 Å². The molecule has 1 aromatic rings. The summed E-state index contributed by atoms with van der Waals surface area (Å²) >= 11 is 7.27. The summed E-state index contributed by atoms with van der Waals surface area (Å²) in [5.74, 6) is 0.459. The maximum atomic E-state index is 11.7. The standard InChI is InChI=1S/C11H16ClNOS/c1-3-8(7-12)13-11(14)10-6-5-9(4-2)15-10/h5-6,8H,3-4,7H2,1-2H3,(H,13,14). The molecule has 2 nitrogen and oxygen atoms in total. The van der Waals surface area contributed by atoms with Crippen molar-refractivity contribution in [2.45, 2.75) is 32.7 Å². The van der Waals surface area contributed by atoms with Crippen LogP contribution in [0.5, 0.6) is 0 Å². The molecule has 1 heterocycles. The maximum absolute atomic E-state index is 11.7. The summed E-state index contributed by atoms with van der Waals surface area (Å²) in [4.78, 5) is 13.8. The zero-order valence-electron chi connectivity index (χ0n) is 9.05. The molecule has 0 aromatic carbocycles. The van der Waals surface area contributed by atoms with Gasteiger partial charge in [-0.15, -0.1) is 22.9 Å². The molecule has 1 unspecified atom stereocenters. The quantitative estimate of drug-likeness (QED) is 0.794. The van der Waals surface area contributed by atoms with E-state index >= 15 is 0 Å². The van der Waals surface area contributed by atoms with Crippen molar-refractivity contribution in [2.75, 3.05) is 5.88 Å². The van der Waals surface area contributed by atoms with Crippen LogP contribution in [-0.4, -0.2) is 17.8 Å². The largest absolute Gasteiger partial charge is 0.347 e. The van der Waals surface area contributed by atoms with Gasteiger partial charge in [-0.25, -0.2) is 0 Å². The molecule has 0 bridgehead atoms. The molecule has 1 atom stereocenters. The number of carbonyl (C=O) groups is 1. The van der Waals surface area contributed by atoms with Crippen molar-refractivity contribution < 1.29 is 4.79 Å². The molecular formula is C11H16ClNOS. The molecule has 4 heteroatoms. The van der Waals surface area contributed by atoms with Gasteiger partial charge in [0.25, 0.3) is 5.91 Å². The first kappa shape index (κ1) is 12.5. The molecule has 0 fully saturated rings. The fourth-order valence-electron chi connectivity index (χ4n) is 1.20. The van der Waals surface area contributed by atoms with Crippen LogP contribution < -0.4 is 5.32 Å². The minimum Gasteiger partial charge on any atom is -0.347 e. The topological polar surface area (TPSA) is 29.1 Å². The first-order valence-corrected chi connectivity index (χ1v) is 6.51. The van der Waals surface area contributed by atoms with Gasteiger partial charge in [0.1, 0.15) is 0 Å². The maximum Gasteiger partial charge on any atom is 0.261 e. The van der Waals surface area contributed by atoms with Crippen molar-refractivity contribution in [1.29, 1.82) is 0 Å². The van der Waals surface area contributed by atoms with Gasteiger partial charge >= 0.3 is 0 Å². The van der Waals surface area contributed by atoms with Gasteiger partial charge in [0.15, 0.2) is 0 Å². The van der Waals surface area contributed by atoms with Crippen LogP contribution in [0.1, 0.15) is 34.8 Å². The van der Waals surface area contributed by atoms with E-state index in [2.05, 4.69) is 12.2 Å². The molecule has 0 aliphatic rings. The third kappa shape index (κ3) is 3.50. The van der Waals surface area contributed by atoms with Gasteiger partial charge < -0.3 is 5.32 Å². The van der Waals surface area contributed by atoms with E-state index < -0.39 is 0 Å². The fourth-order valence-corrected chi connectivity index (χ4v) is 2.34. The number of rotatable bonds is 5. The van der Waals surface area contributed by atoms with Crippen LogP contribution in [0.2, 0.25) is 0 Å². The summed E-state index contributed by atoms with van der Waals surface area (Å²) in [6.07, 6.45) is 1.84. The summed E-state index contributed by atoms with van der Waals surface area (Å²) in [5.41, 5.74) is 0. The average molecular weight is 246 g/mol. The van der Waals surface area contributed by atoms with Gasteiger partial charge in [0, 0.05) is 16.8 Å². The Morgan fingerprint density at radius 2 is 2.27 bits per heavy atom. The van der Waals surface area contributed by atoms with Crippen molar-refractivity contribution in [3.63, 3.8) is 0 Å². The van der Waals surface area contributed by atoms with E-state index in [0.29, 0.717) is 5.88 Å². The lowest BCUT2D eigenvalue weighted by molar-refractivity contribution is 0.0944. The van der Waals surface area contributed by atoms with Gasteiger partial charge in [0.2, 0.25) is 0 Å². The number of aryl methyl sites for hydroxylation is 1. The zero-order chi connectivity index (χ0) is 11.3. The highest BCUT2D eigenvalue weighted by molar-refractivity contribution is 7.14. The zero-order valence-corrected chi connectivity index (χ0v) is 10.6. The Labute approximate surface area is 99.6 Å². The Balaban J connectivity index is 2.60. The Morgan fingerprint density at radius 1 is 1.53 bits per heavy atom. The molecule has 84 valence electrons. The van der Waals surface area contributed by atoms with E-state index in [9.17, 15) is 4.79 Å². The number of nitrogens with one attached hydrogen (secondary N) is 1. The molecule has 1 aromatic heterocycles. The molecule has 1 N–H and O–H groups in total. The molecule has 0 saturated heterocycles. The van der Waals surface area contributed by atoms with E-state index in [1.54, 1.807) is 11.3 Å². The van der Waals surface area contributed by atoms with E-state index in [-0.39, 0.29) is 11.9 Å². The number of thiophene rings is 1. The predicted octanol–water partition coefficient (Wildman–Crippen LogP) is 3.06. The van der Waals surface area contributed by atoms with Gasteiger partial charge in [-0.3, -0.25) is 4.79 Å². The molecule has 1 rings (SSSR count). The molecule has 0 aliphatic heterocycles. The van der Waals surface area contributed by atoms with Crippen LogP contribution in [0.4, 0.5) is 0 Å². The number of carbonyl (C=O) groups excluding carboxylic acids is 1.